The minimum absolute atomic E-state index is 0.0373. The maximum absolute atomic E-state index is 12.3. The summed E-state index contributed by atoms with van der Waals surface area (Å²) in [5, 5.41) is 0. The van der Waals surface area contributed by atoms with E-state index in [2.05, 4.69) is 34.6 Å². The van der Waals surface area contributed by atoms with Gasteiger partial charge in [-0.1, -0.05) is 47.5 Å². The first kappa shape index (κ1) is 14.5. The van der Waals surface area contributed by atoms with Crippen molar-refractivity contribution in [1.29, 1.82) is 0 Å². The van der Waals surface area contributed by atoms with E-state index in [0.29, 0.717) is 18.4 Å². The van der Waals surface area contributed by atoms with E-state index in [4.69, 9.17) is 4.74 Å². The van der Waals surface area contributed by atoms with Gasteiger partial charge >= 0.3 is 5.97 Å². The van der Waals surface area contributed by atoms with Gasteiger partial charge in [0.1, 0.15) is 0 Å². The highest BCUT2D eigenvalue weighted by molar-refractivity contribution is 5.74. The number of hydrogen-bond acceptors (Lipinski definition) is 2. The van der Waals surface area contributed by atoms with Crippen molar-refractivity contribution in [3.05, 3.63) is 0 Å². The zero-order valence-electron chi connectivity index (χ0n) is 12.1. The largest absolute Gasteiger partial charge is 0.465 e. The molecule has 1 fully saturated rings. The second kappa shape index (κ2) is 5.88. The Balaban J connectivity index is 2.70. The molecule has 2 nitrogen and oxygen atoms in total. The Morgan fingerprint density at radius 2 is 2.06 bits per heavy atom. The summed E-state index contributed by atoms with van der Waals surface area (Å²) >= 11 is 0. The van der Waals surface area contributed by atoms with Crippen LogP contribution in [0.3, 0.4) is 0 Å². The highest BCUT2D eigenvalue weighted by atomic mass is 16.5. The van der Waals surface area contributed by atoms with Crippen LogP contribution in [-0.2, 0) is 9.53 Å². The Kier molecular flexibility index (Phi) is 5.03. The summed E-state index contributed by atoms with van der Waals surface area (Å²) in [4.78, 5) is 12.3. The molecule has 2 atom stereocenters. The summed E-state index contributed by atoms with van der Waals surface area (Å²) in [5.41, 5.74) is 0.104. The zero-order valence-corrected chi connectivity index (χ0v) is 12.1. The first-order valence-electron chi connectivity index (χ1n) is 7.05. The van der Waals surface area contributed by atoms with E-state index in [1.165, 1.54) is 12.8 Å². The highest BCUT2D eigenvalue weighted by Crippen LogP contribution is 2.45. The molecular weight excluding hydrogens is 212 g/mol. The van der Waals surface area contributed by atoms with Gasteiger partial charge in [0.05, 0.1) is 12.5 Å². The second-order valence-corrected chi connectivity index (χ2v) is 6.55. The van der Waals surface area contributed by atoms with Crippen molar-refractivity contribution in [1.82, 2.24) is 0 Å². The van der Waals surface area contributed by atoms with E-state index in [9.17, 15) is 4.79 Å². The van der Waals surface area contributed by atoms with E-state index in [-0.39, 0.29) is 17.3 Å². The van der Waals surface area contributed by atoms with E-state index >= 15 is 0 Å². The van der Waals surface area contributed by atoms with Crippen molar-refractivity contribution in [2.75, 3.05) is 6.61 Å². The van der Waals surface area contributed by atoms with Gasteiger partial charge in [0, 0.05) is 0 Å². The monoisotopic (exact) mass is 240 g/mol. The van der Waals surface area contributed by atoms with Crippen LogP contribution in [0.25, 0.3) is 0 Å². The summed E-state index contributed by atoms with van der Waals surface area (Å²) in [6, 6.07) is 0. The normalized spacial score (nSPS) is 28.1. The topological polar surface area (TPSA) is 26.3 Å². The fourth-order valence-electron chi connectivity index (χ4n) is 3.07. The maximum atomic E-state index is 12.3. The zero-order chi connectivity index (χ0) is 13.1. The van der Waals surface area contributed by atoms with Crippen molar-refractivity contribution >= 4 is 5.97 Å². The standard InChI is InChI=1S/C15H28O2/c1-6-12-8-7-9-15(4,5)13(12)14(16)17-10-11(2)3/h11-13H,6-10H2,1-5H3/t12-,13+/m0/s1. The fourth-order valence-corrected chi connectivity index (χ4v) is 3.07. The predicted octanol–water partition coefficient (Wildman–Crippen LogP) is 4.04. The predicted molar refractivity (Wildman–Crippen MR) is 70.7 cm³/mol. The Bertz CT molecular complexity index is 256. The lowest BCUT2D eigenvalue weighted by Crippen LogP contribution is -2.41. The first-order chi connectivity index (χ1) is 7.88. The van der Waals surface area contributed by atoms with Crippen LogP contribution < -0.4 is 0 Å². The molecule has 0 aromatic rings. The van der Waals surface area contributed by atoms with Gasteiger partial charge in [0.2, 0.25) is 0 Å². The molecule has 0 heterocycles. The highest BCUT2D eigenvalue weighted by Gasteiger charge is 2.43. The number of esters is 1. The van der Waals surface area contributed by atoms with Crippen molar-refractivity contribution in [3.8, 4) is 0 Å². The molecule has 1 aliphatic carbocycles. The Morgan fingerprint density at radius 3 is 2.59 bits per heavy atom. The average Bonchev–Trinajstić information content (AvgIpc) is 2.24. The van der Waals surface area contributed by atoms with Crippen LogP contribution >= 0.6 is 0 Å². The molecule has 1 saturated carbocycles. The summed E-state index contributed by atoms with van der Waals surface area (Å²) in [7, 11) is 0. The van der Waals surface area contributed by atoms with E-state index < -0.39 is 0 Å². The Hall–Kier alpha value is -0.530. The molecule has 1 aliphatic rings. The van der Waals surface area contributed by atoms with Crippen LogP contribution in [0.1, 0.15) is 60.3 Å². The smallest absolute Gasteiger partial charge is 0.309 e. The molecule has 0 aromatic heterocycles. The van der Waals surface area contributed by atoms with Crippen molar-refractivity contribution in [3.63, 3.8) is 0 Å². The van der Waals surface area contributed by atoms with Gasteiger partial charge in [-0.2, -0.15) is 0 Å². The molecular formula is C15H28O2. The molecule has 17 heavy (non-hydrogen) atoms. The van der Waals surface area contributed by atoms with Gasteiger partial charge in [0.25, 0.3) is 0 Å². The van der Waals surface area contributed by atoms with Crippen molar-refractivity contribution < 1.29 is 9.53 Å². The third-order valence-corrected chi connectivity index (χ3v) is 4.05. The van der Waals surface area contributed by atoms with Crippen LogP contribution in [0.5, 0.6) is 0 Å². The fraction of sp³-hybridized carbons (Fsp3) is 0.933. The second-order valence-electron chi connectivity index (χ2n) is 6.55. The molecule has 0 aliphatic heterocycles. The third kappa shape index (κ3) is 3.72. The van der Waals surface area contributed by atoms with Crippen LogP contribution in [-0.4, -0.2) is 12.6 Å². The van der Waals surface area contributed by atoms with Gasteiger partial charge in [-0.05, 0) is 30.1 Å². The number of carbonyl (C=O) groups is 1. The molecule has 2 heteroatoms. The molecule has 0 aromatic carbocycles. The van der Waals surface area contributed by atoms with Gasteiger partial charge in [-0.25, -0.2) is 0 Å². The molecule has 1 rings (SSSR count). The van der Waals surface area contributed by atoms with Gasteiger partial charge in [-0.15, -0.1) is 0 Å². The van der Waals surface area contributed by atoms with E-state index in [0.717, 1.165) is 12.8 Å². The van der Waals surface area contributed by atoms with Crippen LogP contribution in [0.2, 0.25) is 0 Å². The first-order valence-corrected chi connectivity index (χ1v) is 7.05. The molecule has 0 N–H and O–H groups in total. The molecule has 0 bridgehead atoms. The van der Waals surface area contributed by atoms with Crippen LogP contribution in [0.4, 0.5) is 0 Å². The van der Waals surface area contributed by atoms with Gasteiger partial charge in [-0.3, -0.25) is 4.79 Å². The number of carbonyl (C=O) groups excluding carboxylic acids is 1. The molecule has 0 radical (unpaired) electrons. The molecule has 0 saturated heterocycles. The van der Waals surface area contributed by atoms with Gasteiger partial charge in [0.15, 0.2) is 0 Å². The molecule has 0 amide bonds. The van der Waals surface area contributed by atoms with E-state index in [1.807, 2.05) is 0 Å². The number of ether oxygens (including phenoxy) is 1. The van der Waals surface area contributed by atoms with E-state index in [1.54, 1.807) is 0 Å². The number of hydrogen-bond donors (Lipinski definition) is 0. The van der Waals surface area contributed by atoms with Crippen molar-refractivity contribution in [2.24, 2.45) is 23.2 Å². The molecule has 0 unspecified atom stereocenters. The van der Waals surface area contributed by atoms with Gasteiger partial charge < -0.3 is 4.74 Å². The lowest BCUT2D eigenvalue weighted by molar-refractivity contribution is -0.159. The molecule has 0 spiro atoms. The van der Waals surface area contributed by atoms with Crippen LogP contribution in [0, 0.1) is 23.2 Å². The minimum Gasteiger partial charge on any atom is -0.465 e. The number of rotatable bonds is 4. The Morgan fingerprint density at radius 1 is 1.41 bits per heavy atom. The summed E-state index contributed by atoms with van der Waals surface area (Å²) in [5.74, 6) is 1.07. The summed E-state index contributed by atoms with van der Waals surface area (Å²) in [6.45, 7) is 11.3. The molecule has 100 valence electrons. The quantitative estimate of drug-likeness (QED) is 0.693. The third-order valence-electron chi connectivity index (χ3n) is 4.05. The van der Waals surface area contributed by atoms with Crippen molar-refractivity contribution in [2.45, 2.75) is 60.3 Å². The average molecular weight is 240 g/mol. The SMILES string of the molecule is CC[C@H]1CCCC(C)(C)[C@H]1C(=O)OCC(C)C. The summed E-state index contributed by atoms with van der Waals surface area (Å²) < 4.78 is 5.47. The Labute approximate surface area is 106 Å². The lowest BCUT2D eigenvalue weighted by Gasteiger charge is -2.42. The summed E-state index contributed by atoms with van der Waals surface area (Å²) in [6.07, 6.45) is 4.66. The minimum atomic E-state index is 0.0373. The maximum Gasteiger partial charge on any atom is 0.309 e. The lowest BCUT2D eigenvalue weighted by atomic mass is 9.63. The van der Waals surface area contributed by atoms with Crippen LogP contribution in [0.15, 0.2) is 0 Å².